The van der Waals surface area contributed by atoms with E-state index in [1.54, 1.807) is 0 Å². The molecule has 0 N–H and O–H groups in total. The molecule has 0 saturated heterocycles. The second kappa shape index (κ2) is 21.2. The van der Waals surface area contributed by atoms with Crippen molar-refractivity contribution in [2.24, 2.45) is 11.8 Å². The number of hydrogen-bond acceptors (Lipinski definition) is 4. The zero-order valence-electron chi connectivity index (χ0n) is 21.4. The summed E-state index contributed by atoms with van der Waals surface area (Å²) < 4.78 is 11.4. The molecule has 0 aromatic carbocycles. The number of carbonyl (C=O) groups is 2. The van der Waals surface area contributed by atoms with Crippen LogP contribution in [-0.4, -0.2) is 24.1 Å². The predicted molar refractivity (Wildman–Crippen MR) is 128 cm³/mol. The van der Waals surface area contributed by atoms with E-state index >= 15 is 0 Å². The fraction of sp³-hybridized carbons (Fsp3) is 0.923. The van der Waals surface area contributed by atoms with Gasteiger partial charge in [0.15, 0.2) is 0 Å². The van der Waals surface area contributed by atoms with Gasteiger partial charge in [0.2, 0.25) is 0 Å². The molecule has 0 spiro atoms. The molecule has 0 bridgehead atoms. The van der Waals surface area contributed by atoms with E-state index in [4.69, 9.17) is 9.47 Å². The van der Waals surface area contributed by atoms with Crippen LogP contribution in [0, 0.1) is 11.8 Å². The normalized spacial score (nSPS) is 18.7. The van der Waals surface area contributed by atoms with Gasteiger partial charge in [-0.25, -0.2) is 0 Å². The van der Waals surface area contributed by atoms with Gasteiger partial charge in [0.05, 0.1) is 11.8 Å². The molecule has 0 heterocycles. The smallest absolute Gasteiger partial charge is 0.310 e. The predicted octanol–water partition coefficient (Wildman–Crippen LogP) is 7.87. The summed E-state index contributed by atoms with van der Waals surface area (Å²) in [6.07, 6.45) is 12.2. The maximum absolute atomic E-state index is 12.6. The molecule has 0 aromatic heterocycles. The fourth-order valence-electron chi connectivity index (χ4n) is 4.10. The van der Waals surface area contributed by atoms with E-state index in [1.165, 1.54) is 12.8 Å². The van der Waals surface area contributed by atoms with E-state index in [2.05, 4.69) is 0 Å². The second-order valence-corrected chi connectivity index (χ2v) is 7.42. The Morgan fingerprint density at radius 3 is 1.10 bits per heavy atom. The summed E-state index contributed by atoms with van der Waals surface area (Å²) in [7, 11) is 0. The van der Waals surface area contributed by atoms with E-state index < -0.39 is 0 Å². The van der Waals surface area contributed by atoms with Gasteiger partial charge in [-0.05, 0) is 64.2 Å². The Balaban J connectivity index is 0. The lowest BCUT2D eigenvalue weighted by atomic mass is 9.87. The molecular weight excluding hydrogens is 376 g/mol. The standard InChI is InChI=1S/C20H34O4.3C2H6/c1-3-17(19(21)23-15-11-7-5-8-12-15)18(4-2)20(22)24-16-13-9-6-10-14-16;3*1-2/h15-18H,3-14H2,1-2H3;3*1-2H3. The average molecular weight is 429 g/mol. The van der Waals surface area contributed by atoms with Crippen molar-refractivity contribution >= 4 is 11.9 Å². The van der Waals surface area contributed by atoms with Crippen molar-refractivity contribution in [2.75, 3.05) is 0 Å². The quantitative estimate of drug-likeness (QED) is 0.387. The van der Waals surface area contributed by atoms with E-state index in [0.29, 0.717) is 12.8 Å². The first-order chi connectivity index (χ1) is 14.7. The van der Waals surface area contributed by atoms with Gasteiger partial charge in [0.25, 0.3) is 0 Å². The molecule has 2 atom stereocenters. The zero-order chi connectivity index (χ0) is 23.4. The molecule has 30 heavy (non-hydrogen) atoms. The summed E-state index contributed by atoms with van der Waals surface area (Å²) in [4.78, 5) is 25.2. The molecule has 2 aliphatic carbocycles. The van der Waals surface area contributed by atoms with E-state index in [9.17, 15) is 9.59 Å². The lowest BCUT2D eigenvalue weighted by molar-refractivity contribution is -0.168. The van der Waals surface area contributed by atoms with Crippen molar-refractivity contribution in [3.63, 3.8) is 0 Å². The van der Waals surface area contributed by atoms with Crippen LogP contribution in [0.25, 0.3) is 0 Å². The van der Waals surface area contributed by atoms with E-state index in [-0.39, 0.29) is 36.0 Å². The van der Waals surface area contributed by atoms with Crippen LogP contribution in [0.5, 0.6) is 0 Å². The molecule has 2 aliphatic rings. The van der Waals surface area contributed by atoms with Gasteiger partial charge in [0, 0.05) is 0 Å². The summed E-state index contributed by atoms with van der Waals surface area (Å²) in [5.41, 5.74) is 0. The monoisotopic (exact) mass is 428 g/mol. The van der Waals surface area contributed by atoms with Crippen molar-refractivity contribution < 1.29 is 19.1 Å². The van der Waals surface area contributed by atoms with Crippen LogP contribution in [0.3, 0.4) is 0 Å². The van der Waals surface area contributed by atoms with E-state index in [1.807, 2.05) is 55.4 Å². The maximum atomic E-state index is 12.6. The Labute approximate surface area is 187 Å². The van der Waals surface area contributed by atoms with Crippen molar-refractivity contribution in [2.45, 2.75) is 145 Å². The molecular formula is C26H52O4. The highest BCUT2D eigenvalue weighted by atomic mass is 16.6. The Kier molecular flexibility index (Phi) is 22.0. The fourth-order valence-corrected chi connectivity index (χ4v) is 4.10. The highest BCUT2D eigenvalue weighted by molar-refractivity contribution is 5.82. The average Bonchev–Trinajstić information content (AvgIpc) is 2.82. The van der Waals surface area contributed by atoms with Gasteiger partial charge in [-0.3, -0.25) is 9.59 Å². The van der Waals surface area contributed by atoms with Crippen molar-refractivity contribution in [1.29, 1.82) is 0 Å². The minimum absolute atomic E-state index is 0.0483. The molecule has 2 saturated carbocycles. The highest BCUT2D eigenvalue weighted by Crippen LogP contribution is 2.28. The topological polar surface area (TPSA) is 52.6 Å². The molecule has 180 valence electrons. The lowest BCUT2D eigenvalue weighted by Gasteiger charge is -2.29. The molecule has 0 aromatic rings. The summed E-state index contributed by atoms with van der Waals surface area (Å²) >= 11 is 0. The third kappa shape index (κ3) is 12.0. The summed E-state index contributed by atoms with van der Waals surface area (Å²) in [5, 5.41) is 0. The summed E-state index contributed by atoms with van der Waals surface area (Å²) in [5.74, 6) is -1.13. The van der Waals surface area contributed by atoms with E-state index in [0.717, 1.165) is 51.4 Å². The molecule has 4 heteroatoms. The first-order valence-corrected chi connectivity index (χ1v) is 13.1. The van der Waals surface area contributed by atoms with Crippen LogP contribution in [-0.2, 0) is 19.1 Å². The van der Waals surface area contributed by atoms with Gasteiger partial charge in [-0.1, -0.05) is 68.2 Å². The molecule has 2 fully saturated rings. The van der Waals surface area contributed by atoms with Crippen LogP contribution >= 0.6 is 0 Å². The van der Waals surface area contributed by atoms with Crippen LogP contribution in [0.15, 0.2) is 0 Å². The van der Waals surface area contributed by atoms with Crippen LogP contribution in [0.1, 0.15) is 132 Å². The number of ether oxygens (including phenoxy) is 2. The molecule has 0 radical (unpaired) electrons. The molecule has 4 nitrogen and oxygen atoms in total. The maximum Gasteiger partial charge on any atom is 0.310 e. The third-order valence-corrected chi connectivity index (χ3v) is 5.64. The van der Waals surface area contributed by atoms with Crippen molar-refractivity contribution in [1.82, 2.24) is 0 Å². The van der Waals surface area contributed by atoms with Gasteiger partial charge in [-0.2, -0.15) is 0 Å². The van der Waals surface area contributed by atoms with Crippen molar-refractivity contribution in [3.05, 3.63) is 0 Å². The summed E-state index contributed by atoms with van der Waals surface area (Å²) in [6, 6.07) is 0. The zero-order valence-corrected chi connectivity index (χ0v) is 21.4. The highest BCUT2D eigenvalue weighted by Gasteiger charge is 2.36. The number of esters is 2. The minimum Gasteiger partial charge on any atom is -0.462 e. The Bertz CT molecular complexity index is 358. The first-order valence-electron chi connectivity index (χ1n) is 13.1. The number of carbonyl (C=O) groups excluding carboxylic acids is 2. The lowest BCUT2D eigenvalue weighted by Crippen LogP contribution is -2.36. The van der Waals surface area contributed by atoms with Crippen LogP contribution in [0.4, 0.5) is 0 Å². The Morgan fingerprint density at radius 1 is 0.600 bits per heavy atom. The van der Waals surface area contributed by atoms with Crippen molar-refractivity contribution in [3.8, 4) is 0 Å². The molecule has 0 amide bonds. The minimum atomic E-state index is -0.368. The SMILES string of the molecule is CC.CC.CC.CCC(C(=O)OC1CCCCC1)C(CC)C(=O)OC1CCCCC1. The second-order valence-electron chi connectivity index (χ2n) is 7.42. The van der Waals surface area contributed by atoms with Gasteiger partial charge in [-0.15, -0.1) is 0 Å². The largest absolute Gasteiger partial charge is 0.462 e. The molecule has 2 rings (SSSR count). The van der Waals surface area contributed by atoms with Crippen LogP contribution in [0.2, 0.25) is 0 Å². The van der Waals surface area contributed by atoms with Gasteiger partial charge >= 0.3 is 11.9 Å². The van der Waals surface area contributed by atoms with Gasteiger partial charge in [0.1, 0.15) is 12.2 Å². The summed E-state index contributed by atoms with van der Waals surface area (Å²) in [6.45, 7) is 15.9. The third-order valence-electron chi connectivity index (χ3n) is 5.64. The number of hydrogen-bond donors (Lipinski definition) is 0. The Hall–Kier alpha value is -1.06. The molecule has 2 unspecified atom stereocenters. The first kappa shape index (κ1) is 31.1. The Morgan fingerprint density at radius 2 is 0.867 bits per heavy atom. The van der Waals surface area contributed by atoms with Crippen LogP contribution < -0.4 is 0 Å². The number of rotatable bonds is 7. The molecule has 0 aliphatic heterocycles. The van der Waals surface area contributed by atoms with Gasteiger partial charge < -0.3 is 9.47 Å².